The Hall–Kier alpha value is -0.870. The Morgan fingerprint density at radius 1 is 1.60 bits per heavy atom. The van der Waals surface area contributed by atoms with Crippen molar-refractivity contribution in [3.8, 4) is 0 Å². The summed E-state index contributed by atoms with van der Waals surface area (Å²) in [5.74, 6) is 5.60. The van der Waals surface area contributed by atoms with Crippen LogP contribution in [0, 0.1) is 5.41 Å². The lowest BCUT2D eigenvalue weighted by atomic mass is 9.80. The molecule has 0 spiro atoms. The van der Waals surface area contributed by atoms with Crippen LogP contribution in [-0.2, 0) is 13.5 Å². The molecule has 0 saturated heterocycles. The van der Waals surface area contributed by atoms with Crippen molar-refractivity contribution in [2.75, 3.05) is 0 Å². The van der Waals surface area contributed by atoms with Gasteiger partial charge in [-0.15, -0.1) is 0 Å². The van der Waals surface area contributed by atoms with Gasteiger partial charge in [-0.3, -0.25) is 16.0 Å². The summed E-state index contributed by atoms with van der Waals surface area (Å²) in [6, 6.07) is 2.30. The second-order valence-corrected chi connectivity index (χ2v) is 4.75. The van der Waals surface area contributed by atoms with Gasteiger partial charge in [-0.1, -0.05) is 20.8 Å². The van der Waals surface area contributed by atoms with Crippen molar-refractivity contribution >= 4 is 0 Å². The van der Waals surface area contributed by atoms with Gasteiger partial charge in [0.05, 0.1) is 5.69 Å². The molecule has 0 aliphatic heterocycles. The fourth-order valence-electron chi connectivity index (χ4n) is 1.59. The Bertz CT molecular complexity index is 303. The Morgan fingerprint density at radius 3 is 2.67 bits per heavy atom. The quantitative estimate of drug-likeness (QED) is 0.568. The molecule has 1 atom stereocenters. The number of hydrazine groups is 1. The molecule has 1 unspecified atom stereocenters. The third kappa shape index (κ3) is 3.04. The predicted octanol–water partition coefficient (Wildman–Crippen LogP) is 1.23. The van der Waals surface area contributed by atoms with Crippen molar-refractivity contribution in [2.45, 2.75) is 39.7 Å². The van der Waals surface area contributed by atoms with Crippen LogP contribution in [0.5, 0.6) is 0 Å². The van der Waals surface area contributed by atoms with Gasteiger partial charge in [0.25, 0.3) is 0 Å². The van der Waals surface area contributed by atoms with Gasteiger partial charge in [-0.25, -0.2) is 0 Å². The molecule has 0 amide bonds. The number of hydrogen-bond acceptors (Lipinski definition) is 3. The fraction of sp³-hybridized carbons (Fsp3) is 0.727. The van der Waals surface area contributed by atoms with E-state index in [2.05, 4.69) is 31.3 Å². The number of nitrogens with zero attached hydrogens (tertiary/aromatic N) is 2. The molecular weight excluding hydrogens is 188 g/mol. The standard InChI is InChI=1S/C11H22N4/c1-5-11(2,3)10(13-12)8-9-6-7-15(4)14-9/h6-7,10,13H,5,8,12H2,1-4H3. The topological polar surface area (TPSA) is 55.9 Å². The Labute approximate surface area is 91.8 Å². The van der Waals surface area contributed by atoms with Crippen LogP contribution in [0.1, 0.15) is 32.9 Å². The Balaban J connectivity index is 2.69. The lowest BCUT2D eigenvalue weighted by Gasteiger charge is -2.32. The molecule has 4 nitrogen and oxygen atoms in total. The van der Waals surface area contributed by atoms with Crippen LogP contribution in [0.3, 0.4) is 0 Å². The zero-order chi connectivity index (χ0) is 11.5. The summed E-state index contributed by atoms with van der Waals surface area (Å²) in [7, 11) is 1.93. The fourth-order valence-corrected chi connectivity index (χ4v) is 1.59. The normalized spacial score (nSPS) is 14.2. The number of nitrogens with two attached hydrogens (primary N) is 1. The van der Waals surface area contributed by atoms with Crippen LogP contribution in [0.2, 0.25) is 0 Å². The van der Waals surface area contributed by atoms with Crippen LogP contribution in [0.25, 0.3) is 0 Å². The summed E-state index contributed by atoms with van der Waals surface area (Å²) in [5.41, 5.74) is 4.17. The maximum atomic E-state index is 5.60. The molecule has 0 bridgehead atoms. The summed E-state index contributed by atoms with van der Waals surface area (Å²) in [6.45, 7) is 6.63. The second-order valence-electron chi connectivity index (χ2n) is 4.75. The van der Waals surface area contributed by atoms with Crippen molar-refractivity contribution in [2.24, 2.45) is 18.3 Å². The molecule has 4 heteroatoms. The van der Waals surface area contributed by atoms with E-state index >= 15 is 0 Å². The van der Waals surface area contributed by atoms with Crippen LogP contribution in [-0.4, -0.2) is 15.8 Å². The highest BCUT2D eigenvalue weighted by molar-refractivity contribution is 5.03. The molecule has 15 heavy (non-hydrogen) atoms. The molecule has 0 radical (unpaired) electrons. The SMILES string of the molecule is CCC(C)(C)C(Cc1ccn(C)n1)NN. The number of hydrogen-bond donors (Lipinski definition) is 2. The minimum Gasteiger partial charge on any atom is -0.276 e. The third-order valence-electron chi connectivity index (χ3n) is 3.24. The number of rotatable bonds is 5. The third-order valence-corrected chi connectivity index (χ3v) is 3.24. The first-order valence-corrected chi connectivity index (χ1v) is 5.44. The molecule has 0 aromatic carbocycles. The van der Waals surface area contributed by atoms with Gasteiger partial charge in [0, 0.05) is 25.7 Å². The van der Waals surface area contributed by atoms with Crippen molar-refractivity contribution < 1.29 is 0 Å². The van der Waals surface area contributed by atoms with Gasteiger partial charge in [-0.2, -0.15) is 5.10 Å². The number of aryl methyl sites for hydroxylation is 1. The summed E-state index contributed by atoms with van der Waals surface area (Å²) in [4.78, 5) is 0. The van der Waals surface area contributed by atoms with E-state index in [0.29, 0.717) is 0 Å². The smallest absolute Gasteiger partial charge is 0.0640 e. The highest BCUT2D eigenvalue weighted by Crippen LogP contribution is 2.26. The molecule has 3 N–H and O–H groups in total. The molecule has 0 saturated carbocycles. The minimum absolute atomic E-state index is 0.187. The van der Waals surface area contributed by atoms with E-state index in [9.17, 15) is 0 Å². The lowest BCUT2D eigenvalue weighted by Crippen LogP contribution is -2.47. The molecular formula is C11H22N4. The molecule has 1 aromatic rings. The van der Waals surface area contributed by atoms with E-state index in [0.717, 1.165) is 18.5 Å². The van der Waals surface area contributed by atoms with Crippen LogP contribution >= 0.6 is 0 Å². The Morgan fingerprint density at radius 2 is 2.27 bits per heavy atom. The van der Waals surface area contributed by atoms with Gasteiger partial charge in [0.15, 0.2) is 0 Å². The summed E-state index contributed by atoms with van der Waals surface area (Å²) in [6.07, 6.45) is 3.93. The zero-order valence-corrected chi connectivity index (χ0v) is 10.1. The largest absolute Gasteiger partial charge is 0.276 e. The summed E-state index contributed by atoms with van der Waals surface area (Å²) >= 11 is 0. The number of nitrogens with one attached hydrogen (secondary N) is 1. The van der Waals surface area contributed by atoms with E-state index in [1.54, 1.807) is 0 Å². The van der Waals surface area contributed by atoms with Gasteiger partial charge in [-0.05, 0) is 17.9 Å². The molecule has 1 heterocycles. The van der Waals surface area contributed by atoms with Crippen LogP contribution < -0.4 is 11.3 Å². The van der Waals surface area contributed by atoms with Gasteiger partial charge in [0.2, 0.25) is 0 Å². The molecule has 1 aromatic heterocycles. The van der Waals surface area contributed by atoms with Gasteiger partial charge < -0.3 is 0 Å². The highest BCUT2D eigenvalue weighted by Gasteiger charge is 2.27. The van der Waals surface area contributed by atoms with E-state index in [-0.39, 0.29) is 11.5 Å². The monoisotopic (exact) mass is 210 g/mol. The van der Waals surface area contributed by atoms with E-state index < -0.39 is 0 Å². The molecule has 0 aliphatic rings. The first kappa shape index (κ1) is 12.2. The zero-order valence-electron chi connectivity index (χ0n) is 10.1. The Kier molecular flexibility index (Phi) is 3.88. The summed E-state index contributed by atoms with van der Waals surface area (Å²) in [5, 5.41) is 4.37. The molecule has 0 aliphatic carbocycles. The van der Waals surface area contributed by atoms with Gasteiger partial charge in [0.1, 0.15) is 0 Å². The predicted molar refractivity (Wildman–Crippen MR) is 62.1 cm³/mol. The molecule has 1 rings (SSSR count). The van der Waals surface area contributed by atoms with Crippen LogP contribution in [0.4, 0.5) is 0 Å². The maximum absolute atomic E-state index is 5.60. The lowest BCUT2D eigenvalue weighted by molar-refractivity contribution is 0.230. The maximum Gasteiger partial charge on any atom is 0.0640 e. The highest BCUT2D eigenvalue weighted by atomic mass is 15.3. The minimum atomic E-state index is 0.187. The van der Waals surface area contributed by atoms with Crippen molar-refractivity contribution in [1.29, 1.82) is 0 Å². The second kappa shape index (κ2) is 4.77. The average molecular weight is 210 g/mol. The van der Waals surface area contributed by atoms with Crippen LogP contribution in [0.15, 0.2) is 12.3 Å². The van der Waals surface area contributed by atoms with Gasteiger partial charge >= 0.3 is 0 Å². The average Bonchev–Trinajstić information content (AvgIpc) is 2.60. The number of aromatic nitrogens is 2. The molecule has 0 fully saturated rings. The first-order chi connectivity index (χ1) is 6.99. The van der Waals surface area contributed by atoms with E-state index in [1.165, 1.54) is 0 Å². The van der Waals surface area contributed by atoms with Crippen molar-refractivity contribution in [1.82, 2.24) is 15.2 Å². The summed E-state index contributed by atoms with van der Waals surface area (Å²) < 4.78 is 1.82. The van der Waals surface area contributed by atoms with E-state index in [4.69, 9.17) is 5.84 Å². The molecule has 86 valence electrons. The van der Waals surface area contributed by atoms with Crippen molar-refractivity contribution in [3.05, 3.63) is 18.0 Å². The van der Waals surface area contributed by atoms with Crippen molar-refractivity contribution in [3.63, 3.8) is 0 Å². The van der Waals surface area contributed by atoms with E-state index in [1.807, 2.05) is 24.0 Å². The first-order valence-electron chi connectivity index (χ1n) is 5.44.